The molecule has 0 spiro atoms. The number of fused-ring (bicyclic) bond motifs is 1. The number of nitrogens with zero attached hydrogens (tertiary/aromatic N) is 4. The fourth-order valence-corrected chi connectivity index (χ4v) is 3.72. The van der Waals surface area contributed by atoms with Crippen LogP contribution in [0.3, 0.4) is 0 Å². The van der Waals surface area contributed by atoms with Crippen molar-refractivity contribution in [1.29, 1.82) is 0 Å². The number of furan rings is 1. The van der Waals surface area contributed by atoms with Gasteiger partial charge in [-0.15, -0.1) is 0 Å². The van der Waals surface area contributed by atoms with Crippen molar-refractivity contribution < 1.29 is 14.0 Å². The fourth-order valence-electron chi connectivity index (χ4n) is 3.72. The fraction of sp³-hybridized carbons (Fsp3) is 0.350. The molecular formula is C20H22N6O4. The molecule has 4 rings (SSSR count). The van der Waals surface area contributed by atoms with Gasteiger partial charge in [0.2, 0.25) is 11.6 Å². The Morgan fingerprint density at radius 1 is 1.30 bits per heavy atom. The maximum atomic E-state index is 12.8. The Hall–Kier alpha value is -3.69. The van der Waals surface area contributed by atoms with Gasteiger partial charge in [0.25, 0.3) is 11.5 Å². The predicted molar refractivity (Wildman–Crippen MR) is 110 cm³/mol. The lowest BCUT2D eigenvalue weighted by molar-refractivity contribution is -0.122. The number of aryl methyl sites for hydroxylation is 2. The van der Waals surface area contributed by atoms with Crippen LogP contribution in [0.2, 0.25) is 0 Å². The molecular weight excluding hydrogens is 388 g/mol. The molecule has 10 nitrogen and oxygen atoms in total. The number of aromatic nitrogens is 3. The van der Waals surface area contributed by atoms with Gasteiger partial charge < -0.3 is 24.9 Å². The number of nitrogens with two attached hydrogens (primary N) is 1. The Morgan fingerprint density at radius 3 is 2.80 bits per heavy atom. The normalized spacial score (nSPS) is 16.6. The summed E-state index contributed by atoms with van der Waals surface area (Å²) in [6.45, 7) is 2.94. The summed E-state index contributed by atoms with van der Waals surface area (Å²) in [5.41, 5.74) is 5.84. The number of hydrogen-bond donors (Lipinski definition) is 2. The molecule has 3 N–H and O–H groups in total. The van der Waals surface area contributed by atoms with Gasteiger partial charge in [-0.25, -0.2) is 9.97 Å². The van der Waals surface area contributed by atoms with E-state index in [2.05, 4.69) is 15.3 Å². The van der Waals surface area contributed by atoms with Crippen LogP contribution in [0.5, 0.6) is 0 Å². The molecule has 1 unspecified atom stereocenters. The smallest absolute Gasteiger partial charge is 0.265 e. The average molecular weight is 410 g/mol. The van der Waals surface area contributed by atoms with Gasteiger partial charge in [0.05, 0.1) is 23.4 Å². The first-order chi connectivity index (χ1) is 14.3. The second kappa shape index (κ2) is 7.62. The van der Waals surface area contributed by atoms with Gasteiger partial charge in [0.1, 0.15) is 23.3 Å². The Morgan fingerprint density at radius 2 is 2.10 bits per heavy atom. The van der Waals surface area contributed by atoms with Gasteiger partial charge in [0, 0.05) is 20.1 Å². The molecule has 1 saturated heterocycles. The monoisotopic (exact) mass is 410 g/mol. The van der Waals surface area contributed by atoms with Crippen molar-refractivity contribution in [3.63, 3.8) is 0 Å². The second-order valence-corrected chi connectivity index (χ2v) is 7.42. The van der Waals surface area contributed by atoms with Crippen molar-refractivity contribution >= 4 is 34.4 Å². The van der Waals surface area contributed by atoms with Crippen LogP contribution in [-0.4, -0.2) is 39.4 Å². The number of rotatable bonds is 4. The number of carbonyl (C=O) groups excluding carboxylic acids is 2. The zero-order chi connectivity index (χ0) is 21.4. The Bertz CT molecular complexity index is 1180. The molecule has 156 valence electrons. The molecule has 2 amide bonds. The summed E-state index contributed by atoms with van der Waals surface area (Å²) in [5.74, 6) is 0.0636. The number of hydrogen-bond acceptors (Lipinski definition) is 7. The zero-order valence-electron chi connectivity index (χ0n) is 16.7. The van der Waals surface area contributed by atoms with E-state index in [4.69, 9.17) is 10.2 Å². The van der Waals surface area contributed by atoms with E-state index in [0.29, 0.717) is 23.8 Å². The largest absolute Gasteiger partial charge is 0.442 e. The average Bonchev–Trinajstić information content (AvgIpc) is 3.08. The number of amides is 2. The van der Waals surface area contributed by atoms with E-state index in [-0.39, 0.29) is 34.0 Å². The van der Waals surface area contributed by atoms with Crippen LogP contribution in [0.15, 0.2) is 33.9 Å². The molecule has 0 radical (unpaired) electrons. The highest BCUT2D eigenvalue weighted by atomic mass is 16.3. The molecule has 10 heteroatoms. The minimum absolute atomic E-state index is 0.128. The Balaban J connectivity index is 1.54. The highest BCUT2D eigenvalue weighted by molar-refractivity contribution is 6.12. The molecule has 1 atom stereocenters. The van der Waals surface area contributed by atoms with Crippen LogP contribution < -0.4 is 21.5 Å². The molecule has 1 aliphatic rings. The highest BCUT2D eigenvalue weighted by Gasteiger charge is 2.25. The third-order valence-electron chi connectivity index (χ3n) is 5.33. The molecule has 0 saturated carbocycles. The lowest BCUT2D eigenvalue weighted by Gasteiger charge is -2.32. The zero-order valence-corrected chi connectivity index (χ0v) is 16.7. The predicted octanol–water partition coefficient (Wildman–Crippen LogP) is 1.18. The number of carbonyl (C=O) groups is 2. The molecule has 3 aromatic rings. The first-order valence-corrected chi connectivity index (χ1v) is 9.61. The molecule has 0 bridgehead atoms. The van der Waals surface area contributed by atoms with E-state index in [1.54, 1.807) is 26.1 Å². The van der Waals surface area contributed by atoms with Gasteiger partial charge in [-0.3, -0.25) is 14.4 Å². The van der Waals surface area contributed by atoms with Crippen molar-refractivity contribution in [1.82, 2.24) is 14.5 Å². The summed E-state index contributed by atoms with van der Waals surface area (Å²) in [7, 11) is 1.56. The summed E-state index contributed by atoms with van der Waals surface area (Å²) in [5, 5.41) is 2.90. The minimum Gasteiger partial charge on any atom is -0.442 e. The maximum absolute atomic E-state index is 12.8. The summed E-state index contributed by atoms with van der Waals surface area (Å²) in [6.07, 6.45) is 4.53. The lowest BCUT2D eigenvalue weighted by atomic mass is 9.97. The van der Waals surface area contributed by atoms with Gasteiger partial charge >= 0.3 is 0 Å². The van der Waals surface area contributed by atoms with Crippen LogP contribution in [-0.2, 0) is 11.8 Å². The van der Waals surface area contributed by atoms with E-state index in [0.717, 1.165) is 19.4 Å². The molecule has 3 aromatic heterocycles. The third-order valence-corrected chi connectivity index (χ3v) is 5.33. The summed E-state index contributed by atoms with van der Waals surface area (Å²) < 4.78 is 6.77. The Kier molecular flexibility index (Phi) is 4.98. The molecule has 1 fully saturated rings. The summed E-state index contributed by atoms with van der Waals surface area (Å²) in [4.78, 5) is 47.2. The van der Waals surface area contributed by atoms with Gasteiger partial charge in [0.15, 0.2) is 0 Å². The number of piperidine rings is 1. The van der Waals surface area contributed by atoms with E-state index < -0.39 is 5.91 Å². The second-order valence-electron chi connectivity index (χ2n) is 7.42. The first kappa shape index (κ1) is 19.6. The first-order valence-electron chi connectivity index (χ1n) is 9.61. The molecule has 1 aliphatic heterocycles. The van der Waals surface area contributed by atoms with Gasteiger partial charge in [-0.05, 0) is 31.9 Å². The third kappa shape index (κ3) is 3.51. The van der Waals surface area contributed by atoms with E-state index in [9.17, 15) is 14.4 Å². The van der Waals surface area contributed by atoms with E-state index >= 15 is 0 Å². The van der Waals surface area contributed by atoms with Crippen LogP contribution in [0.25, 0.3) is 11.1 Å². The van der Waals surface area contributed by atoms with Crippen LogP contribution in [0, 0.1) is 12.8 Å². The summed E-state index contributed by atoms with van der Waals surface area (Å²) in [6, 6.07) is 3.50. The quantitative estimate of drug-likeness (QED) is 0.659. The molecule has 0 aliphatic carbocycles. The van der Waals surface area contributed by atoms with Crippen LogP contribution in [0.4, 0.5) is 11.5 Å². The topological polar surface area (TPSA) is 136 Å². The van der Waals surface area contributed by atoms with Crippen molar-refractivity contribution in [2.24, 2.45) is 18.7 Å². The molecule has 0 aromatic carbocycles. The SMILES string of the molecule is Cc1oc2ncn(C)c(=O)c2c1C(=O)Nc1ccc(N2CCCC(C(N)=O)C2)nc1. The number of anilines is 2. The van der Waals surface area contributed by atoms with Crippen molar-refractivity contribution in [3.05, 3.63) is 46.3 Å². The summed E-state index contributed by atoms with van der Waals surface area (Å²) >= 11 is 0. The van der Waals surface area contributed by atoms with Crippen molar-refractivity contribution in [2.45, 2.75) is 19.8 Å². The minimum atomic E-state index is -0.474. The molecule has 4 heterocycles. The highest BCUT2D eigenvalue weighted by Crippen LogP contribution is 2.24. The molecule has 30 heavy (non-hydrogen) atoms. The van der Waals surface area contributed by atoms with E-state index in [1.165, 1.54) is 17.1 Å². The Labute approximate surface area is 171 Å². The van der Waals surface area contributed by atoms with E-state index in [1.807, 2.05) is 4.90 Å². The van der Waals surface area contributed by atoms with Crippen molar-refractivity contribution in [3.8, 4) is 0 Å². The number of nitrogens with one attached hydrogen (secondary N) is 1. The maximum Gasteiger partial charge on any atom is 0.265 e. The standard InChI is InChI=1S/C20H22N6O4/c1-11-15(16-19(30-11)23-10-25(2)20(16)29)18(28)24-13-5-6-14(22-8-13)26-7-3-4-12(9-26)17(21)27/h5-6,8,10,12H,3-4,7,9H2,1-2H3,(H2,21,27)(H,24,28). The van der Waals surface area contributed by atoms with Crippen molar-refractivity contribution in [2.75, 3.05) is 23.3 Å². The number of primary amides is 1. The van der Waals surface area contributed by atoms with Crippen LogP contribution >= 0.6 is 0 Å². The van der Waals surface area contributed by atoms with Crippen LogP contribution in [0.1, 0.15) is 29.0 Å². The van der Waals surface area contributed by atoms with Gasteiger partial charge in [-0.2, -0.15) is 0 Å². The lowest BCUT2D eigenvalue weighted by Crippen LogP contribution is -2.41. The number of pyridine rings is 1. The van der Waals surface area contributed by atoms with Gasteiger partial charge in [-0.1, -0.05) is 0 Å².